The zero-order valence-corrected chi connectivity index (χ0v) is 43.2. The van der Waals surface area contributed by atoms with E-state index in [1.165, 1.54) is 11.3 Å². The first-order chi connectivity index (χ1) is 34.6. The van der Waals surface area contributed by atoms with Gasteiger partial charge in [0.25, 0.3) is 0 Å². The SMILES string of the molecule is Cc1ncoc1-c1ccc([C@H](C)NC(=O)[C@@H]2C[C@@H](C)CN2C(=O)[C@@H](C(C)C)n2cc(-c3ccnc(O[C@H]4C[C@@H](NC(=O)C[C@@H]5N=C(c6ccc(Cl)cc6)c6c(sc(C)c6C)-n6c(C)nnc65)C4)c3)cn2)cc1. The topological polar surface area (TPSA) is 188 Å². The fraction of sp³-hybridized carbons (Fsp3) is 0.389. The average molecular weight is 1010 g/mol. The number of amides is 3. The Labute approximate surface area is 427 Å². The summed E-state index contributed by atoms with van der Waals surface area (Å²) in [5.41, 5.74) is 8.16. The molecule has 3 amide bonds. The van der Waals surface area contributed by atoms with E-state index in [4.69, 9.17) is 30.8 Å². The van der Waals surface area contributed by atoms with E-state index in [9.17, 15) is 14.4 Å². The summed E-state index contributed by atoms with van der Waals surface area (Å²) in [7, 11) is 0. The standard InChI is InChI=1S/C54H58ClN11O5S/c1-28(2)49(53(69)64-25-29(3)19-44(64)52(68)59-31(5)35-9-11-37(12-10-35)50-32(6)57-27-70-50)65-26-39(24-58-65)38-17-18-56-46(20-38)71-42-21-41(22-42)60-45(67)23-43-51-63-62-34(8)66(51)54-47(30(4)33(7)72-54)48(61-43)36-13-15-40(55)16-14-36/h9-18,20,24,26-29,31,41-44,49H,19,21-23,25H2,1-8H3,(H,59,68)(H,60,67)/t29-,31+,41-,42+,43+,44+,49-/m1/s1. The fourth-order valence-electron chi connectivity index (χ4n) is 10.1. The molecule has 1 saturated carbocycles. The first-order valence-corrected chi connectivity index (χ1v) is 25.7. The molecular formula is C54H58ClN11O5S. The Morgan fingerprint density at radius 1 is 0.917 bits per heavy atom. The minimum absolute atomic E-state index is 0.0769. The molecule has 18 heteroatoms. The Balaban J connectivity index is 0.762. The van der Waals surface area contributed by atoms with Crippen LogP contribution in [0.3, 0.4) is 0 Å². The number of hydrogen-bond acceptors (Lipinski definition) is 12. The van der Waals surface area contributed by atoms with E-state index >= 15 is 0 Å². The summed E-state index contributed by atoms with van der Waals surface area (Å²) in [5, 5.41) is 21.7. The van der Waals surface area contributed by atoms with E-state index in [1.54, 1.807) is 33.3 Å². The van der Waals surface area contributed by atoms with Gasteiger partial charge in [-0.15, -0.1) is 21.5 Å². The summed E-state index contributed by atoms with van der Waals surface area (Å²) >= 11 is 7.96. The van der Waals surface area contributed by atoms with E-state index in [0.717, 1.165) is 61.2 Å². The quantitative estimate of drug-likeness (QED) is 0.106. The fourth-order valence-corrected chi connectivity index (χ4v) is 11.5. The molecule has 2 fully saturated rings. The molecule has 7 aromatic rings. The number of ether oxygens (including phenoxy) is 1. The van der Waals surface area contributed by atoms with Crippen LogP contribution in [0.1, 0.15) is 116 Å². The smallest absolute Gasteiger partial charge is 0.248 e. The number of aryl methyl sites for hydroxylation is 3. The van der Waals surface area contributed by atoms with Gasteiger partial charge in [-0.3, -0.25) is 28.6 Å². The third-order valence-electron chi connectivity index (χ3n) is 14.2. The van der Waals surface area contributed by atoms with Gasteiger partial charge in [0.2, 0.25) is 23.6 Å². The van der Waals surface area contributed by atoms with Crippen molar-refractivity contribution >= 4 is 46.4 Å². The highest BCUT2D eigenvalue weighted by Gasteiger charge is 2.42. The number of aromatic nitrogens is 7. The van der Waals surface area contributed by atoms with Crippen LogP contribution in [0.25, 0.3) is 27.5 Å². The Morgan fingerprint density at radius 2 is 1.67 bits per heavy atom. The minimum atomic E-state index is -0.631. The lowest BCUT2D eigenvalue weighted by atomic mass is 9.89. The van der Waals surface area contributed by atoms with Gasteiger partial charge in [-0.25, -0.2) is 9.97 Å². The second-order valence-electron chi connectivity index (χ2n) is 19.8. The van der Waals surface area contributed by atoms with Gasteiger partial charge < -0.3 is 24.7 Å². The van der Waals surface area contributed by atoms with Crippen molar-refractivity contribution in [1.29, 1.82) is 0 Å². The first kappa shape index (κ1) is 48.6. The second kappa shape index (κ2) is 19.9. The number of thiophene rings is 1. The highest BCUT2D eigenvalue weighted by Crippen LogP contribution is 2.40. The molecule has 16 nitrogen and oxygen atoms in total. The molecule has 5 aromatic heterocycles. The van der Waals surface area contributed by atoms with Crippen molar-refractivity contribution in [3.63, 3.8) is 0 Å². The van der Waals surface area contributed by atoms with Crippen LogP contribution in [0.5, 0.6) is 5.88 Å². The molecule has 10 rings (SSSR count). The number of oxazole rings is 1. The maximum atomic E-state index is 14.5. The number of likely N-dealkylation sites (tertiary alicyclic amines) is 1. The molecule has 0 radical (unpaired) electrons. The van der Waals surface area contributed by atoms with Crippen LogP contribution in [0, 0.1) is 39.5 Å². The Bertz CT molecular complexity index is 3190. The van der Waals surface area contributed by atoms with Crippen LogP contribution in [0.15, 0.2) is 95.1 Å². The molecular weight excluding hydrogens is 950 g/mol. The second-order valence-corrected chi connectivity index (χ2v) is 21.5. The summed E-state index contributed by atoms with van der Waals surface area (Å²) in [6.45, 7) is 16.5. The predicted octanol–water partition coefficient (Wildman–Crippen LogP) is 9.45. The van der Waals surface area contributed by atoms with Crippen molar-refractivity contribution in [2.24, 2.45) is 16.8 Å². The summed E-state index contributed by atoms with van der Waals surface area (Å²) in [6.07, 6.45) is 8.50. The van der Waals surface area contributed by atoms with Crippen LogP contribution in [-0.4, -0.2) is 87.6 Å². The Morgan fingerprint density at radius 3 is 2.39 bits per heavy atom. The van der Waals surface area contributed by atoms with Crippen LogP contribution in [-0.2, 0) is 14.4 Å². The van der Waals surface area contributed by atoms with Crippen LogP contribution in [0.4, 0.5) is 0 Å². The molecule has 372 valence electrons. The van der Waals surface area contributed by atoms with Gasteiger partial charge in [-0.05, 0) is 87.8 Å². The molecule has 2 aliphatic heterocycles. The number of halogens is 1. The number of pyridine rings is 1. The van der Waals surface area contributed by atoms with Crippen molar-refractivity contribution in [3.8, 4) is 33.3 Å². The van der Waals surface area contributed by atoms with Crippen molar-refractivity contribution in [2.75, 3.05) is 6.54 Å². The van der Waals surface area contributed by atoms with Gasteiger partial charge in [0, 0.05) is 76.0 Å². The predicted molar refractivity (Wildman–Crippen MR) is 275 cm³/mol. The van der Waals surface area contributed by atoms with E-state index in [0.29, 0.717) is 48.3 Å². The number of carbonyl (C=O) groups excluding carboxylic acids is 3. The molecule has 3 aliphatic rings. The molecule has 0 bridgehead atoms. The Hall–Kier alpha value is -6.98. The lowest BCUT2D eigenvalue weighted by molar-refractivity contribution is -0.142. The normalized spacial score (nSPS) is 20.2. The number of nitrogens with zero attached hydrogens (tertiary/aromatic N) is 9. The van der Waals surface area contributed by atoms with Gasteiger partial charge in [-0.2, -0.15) is 5.10 Å². The Kier molecular flexibility index (Phi) is 13.4. The average Bonchev–Trinajstić information content (AvgIpc) is 4.19. The zero-order chi connectivity index (χ0) is 50.5. The summed E-state index contributed by atoms with van der Waals surface area (Å²) in [4.78, 5) is 59.1. The van der Waals surface area contributed by atoms with Crippen LogP contribution >= 0.6 is 22.9 Å². The molecule has 1 saturated heterocycles. The van der Waals surface area contributed by atoms with Crippen molar-refractivity contribution in [3.05, 3.63) is 135 Å². The molecule has 2 N–H and O–H groups in total. The van der Waals surface area contributed by atoms with Gasteiger partial charge in [0.05, 0.1) is 30.1 Å². The number of nitrogens with one attached hydrogen (secondary N) is 2. The monoisotopic (exact) mass is 1010 g/mol. The molecule has 1 aliphatic carbocycles. The largest absolute Gasteiger partial charge is 0.474 e. The van der Waals surface area contributed by atoms with E-state index in [1.807, 2.05) is 106 Å². The van der Waals surface area contributed by atoms with Crippen molar-refractivity contribution in [2.45, 2.75) is 117 Å². The molecule has 72 heavy (non-hydrogen) atoms. The number of fused-ring (bicyclic) bond motifs is 3. The molecule has 7 heterocycles. The van der Waals surface area contributed by atoms with E-state index in [-0.39, 0.29) is 54.2 Å². The number of aliphatic imine (C=N–C) groups is 1. The van der Waals surface area contributed by atoms with Crippen molar-refractivity contribution in [1.82, 2.24) is 50.0 Å². The lowest BCUT2D eigenvalue weighted by Gasteiger charge is -2.35. The van der Waals surface area contributed by atoms with Crippen molar-refractivity contribution < 1.29 is 23.5 Å². The number of rotatable bonds is 14. The summed E-state index contributed by atoms with van der Waals surface area (Å²) in [5.74, 6) is 2.12. The maximum absolute atomic E-state index is 14.5. The van der Waals surface area contributed by atoms with Gasteiger partial charge in [0.1, 0.15) is 35.1 Å². The zero-order valence-electron chi connectivity index (χ0n) is 41.6. The lowest BCUT2D eigenvalue weighted by Crippen LogP contribution is -2.49. The van der Waals surface area contributed by atoms with E-state index < -0.39 is 18.1 Å². The molecule has 5 atom stereocenters. The molecule has 0 spiro atoms. The van der Waals surface area contributed by atoms with Crippen LogP contribution in [0.2, 0.25) is 5.02 Å². The summed E-state index contributed by atoms with van der Waals surface area (Å²) in [6, 6.07) is 17.1. The number of carbonyl (C=O) groups is 3. The maximum Gasteiger partial charge on any atom is 0.248 e. The third kappa shape index (κ3) is 9.59. The van der Waals surface area contributed by atoms with Gasteiger partial charge in [0.15, 0.2) is 18.0 Å². The molecule has 2 aromatic carbocycles. The molecule has 0 unspecified atom stereocenters. The highest BCUT2D eigenvalue weighted by atomic mass is 35.5. The first-order valence-electron chi connectivity index (χ1n) is 24.5. The minimum Gasteiger partial charge on any atom is -0.474 e. The number of benzene rings is 2. The van der Waals surface area contributed by atoms with Crippen LogP contribution < -0.4 is 15.4 Å². The van der Waals surface area contributed by atoms with Gasteiger partial charge in [-0.1, -0.05) is 68.8 Å². The number of hydrogen-bond donors (Lipinski definition) is 2. The third-order valence-corrected chi connectivity index (χ3v) is 15.6. The summed E-state index contributed by atoms with van der Waals surface area (Å²) < 4.78 is 15.6. The van der Waals surface area contributed by atoms with E-state index in [2.05, 4.69) is 51.6 Å². The van der Waals surface area contributed by atoms with Gasteiger partial charge >= 0.3 is 0 Å². The highest BCUT2D eigenvalue weighted by molar-refractivity contribution is 7.15.